The van der Waals surface area contributed by atoms with Gasteiger partial charge in [-0.15, -0.1) is 18.3 Å². The number of aryl methyl sites for hydroxylation is 1. The first-order valence-corrected chi connectivity index (χ1v) is 12.8. The number of thiocarbonyl (C=S) groups is 1. The van der Waals surface area contributed by atoms with Crippen molar-refractivity contribution in [1.29, 1.82) is 0 Å². The van der Waals surface area contributed by atoms with Gasteiger partial charge in [-0.25, -0.2) is 9.67 Å². The van der Waals surface area contributed by atoms with Crippen molar-refractivity contribution in [3.63, 3.8) is 0 Å². The minimum Gasteiger partial charge on any atom is -0.406 e. The van der Waals surface area contributed by atoms with Crippen LogP contribution in [-0.2, 0) is 6.42 Å². The molecule has 0 saturated carbocycles. The summed E-state index contributed by atoms with van der Waals surface area (Å²) in [7, 11) is 0. The Hall–Kier alpha value is -4.70. The predicted octanol–water partition coefficient (Wildman–Crippen LogP) is 7.87. The predicted molar refractivity (Wildman–Crippen MR) is 155 cm³/mol. The van der Waals surface area contributed by atoms with Crippen LogP contribution in [0.3, 0.4) is 0 Å². The summed E-state index contributed by atoms with van der Waals surface area (Å²) < 4.78 is 42.6. The van der Waals surface area contributed by atoms with Crippen LogP contribution in [0.4, 0.5) is 24.5 Å². The SMILES string of the molecule is CCc1cccc(-c2ccccc2)c1NC(=S)Nc1ccc(-c2ncn(-c3ccc(OC(F)(F)F)cc3)n2)cc1. The molecule has 1 aromatic heterocycles. The number of halogens is 3. The van der Waals surface area contributed by atoms with E-state index in [0.717, 1.165) is 40.0 Å². The second-order valence-electron chi connectivity index (χ2n) is 8.77. The molecule has 6 nitrogen and oxygen atoms in total. The van der Waals surface area contributed by atoms with E-state index >= 15 is 0 Å². The fourth-order valence-electron chi connectivity index (χ4n) is 4.20. The van der Waals surface area contributed by atoms with E-state index in [0.29, 0.717) is 16.6 Å². The highest BCUT2D eigenvalue weighted by Crippen LogP contribution is 2.32. The van der Waals surface area contributed by atoms with Gasteiger partial charge in [0, 0.05) is 16.8 Å². The average Bonchev–Trinajstić information content (AvgIpc) is 3.44. The Morgan fingerprint density at radius 1 is 0.850 bits per heavy atom. The van der Waals surface area contributed by atoms with E-state index in [2.05, 4.69) is 56.6 Å². The van der Waals surface area contributed by atoms with E-state index in [1.165, 1.54) is 35.3 Å². The molecule has 0 bridgehead atoms. The molecular formula is C30H24F3N5OS. The number of para-hydroxylation sites is 1. The summed E-state index contributed by atoms with van der Waals surface area (Å²) in [6.45, 7) is 2.11. The highest BCUT2D eigenvalue weighted by atomic mass is 32.1. The van der Waals surface area contributed by atoms with Gasteiger partial charge in [-0.3, -0.25) is 0 Å². The van der Waals surface area contributed by atoms with Crippen LogP contribution < -0.4 is 15.4 Å². The lowest BCUT2D eigenvalue weighted by Crippen LogP contribution is -2.20. The second-order valence-corrected chi connectivity index (χ2v) is 9.18. The van der Waals surface area contributed by atoms with Crippen LogP contribution >= 0.6 is 12.2 Å². The summed E-state index contributed by atoms with van der Waals surface area (Å²) in [5.41, 5.74) is 6.40. The Kier molecular flexibility index (Phi) is 7.79. The van der Waals surface area contributed by atoms with E-state index < -0.39 is 6.36 Å². The second kappa shape index (κ2) is 11.6. The van der Waals surface area contributed by atoms with Gasteiger partial charge in [-0.1, -0.05) is 55.5 Å². The van der Waals surface area contributed by atoms with Gasteiger partial charge >= 0.3 is 6.36 Å². The summed E-state index contributed by atoms with van der Waals surface area (Å²) in [6.07, 6.45) is -2.39. The minimum atomic E-state index is -4.74. The molecule has 0 spiro atoms. The number of hydrogen-bond donors (Lipinski definition) is 2. The molecule has 2 N–H and O–H groups in total. The topological polar surface area (TPSA) is 64.0 Å². The summed E-state index contributed by atoms with van der Waals surface area (Å²) in [4.78, 5) is 4.33. The quantitative estimate of drug-likeness (QED) is 0.198. The lowest BCUT2D eigenvalue weighted by Gasteiger charge is -2.18. The third kappa shape index (κ3) is 6.47. The smallest absolute Gasteiger partial charge is 0.406 e. The van der Waals surface area contributed by atoms with E-state index in [9.17, 15) is 13.2 Å². The first kappa shape index (κ1) is 26.9. The fraction of sp³-hybridized carbons (Fsp3) is 0.100. The Labute approximate surface area is 234 Å². The fourth-order valence-corrected chi connectivity index (χ4v) is 4.42. The molecule has 5 rings (SSSR count). The molecular weight excluding hydrogens is 535 g/mol. The maximum Gasteiger partial charge on any atom is 0.573 e. The van der Waals surface area contributed by atoms with Crippen LogP contribution in [0.5, 0.6) is 5.75 Å². The van der Waals surface area contributed by atoms with Crippen LogP contribution in [0.25, 0.3) is 28.2 Å². The number of ether oxygens (including phenoxy) is 1. The summed E-state index contributed by atoms with van der Waals surface area (Å²) in [5, 5.41) is 11.5. The molecule has 1 heterocycles. The third-order valence-electron chi connectivity index (χ3n) is 6.08. The Morgan fingerprint density at radius 3 is 2.25 bits per heavy atom. The molecule has 10 heteroatoms. The maximum atomic E-state index is 12.4. The van der Waals surface area contributed by atoms with Gasteiger partial charge in [0.15, 0.2) is 10.9 Å². The Bertz CT molecular complexity index is 1600. The van der Waals surface area contributed by atoms with Crippen LogP contribution in [0.2, 0.25) is 0 Å². The molecule has 0 aliphatic heterocycles. The molecule has 0 amide bonds. The number of aromatic nitrogens is 3. The Morgan fingerprint density at radius 2 is 1.57 bits per heavy atom. The first-order chi connectivity index (χ1) is 19.3. The van der Waals surface area contributed by atoms with Gasteiger partial charge in [-0.05, 0) is 78.3 Å². The maximum absolute atomic E-state index is 12.4. The molecule has 0 aliphatic carbocycles. The van der Waals surface area contributed by atoms with Gasteiger partial charge in [0.25, 0.3) is 0 Å². The number of nitrogens with one attached hydrogen (secondary N) is 2. The molecule has 202 valence electrons. The highest BCUT2D eigenvalue weighted by Gasteiger charge is 2.31. The van der Waals surface area contributed by atoms with Gasteiger partial charge in [-0.2, -0.15) is 0 Å². The zero-order valence-electron chi connectivity index (χ0n) is 21.3. The first-order valence-electron chi connectivity index (χ1n) is 12.4. The number of anilines is 2. The Balaban J connectivity index is 1.26. The summed E-state index contributed by atoms with van der Waals surface area (Å²) in [5.74, 6) is 0.161. The van der Waals surface area contributed by atoms with Crippen molar-refractivity contribution < 1.29 is 17.9 Å². The van der Waals surface area contributed by atoms with Crippen molar-refractivity contribution >= 4 is 28.7 Å². The number of alkyl halides is 3. The summed E-state index contributed by atoms with van der Waals surface area (Å²) >= 11 is 5.64. The van der Waals surface area contributed by atoms with Crippen molar-refractivity contribution in [3.8, 4) is 34.0 Å². The number of hydrogen-bond acceptors (Lipinski definition) is 4. The van der Waals surface area contributed by atoms with Crippen molar-refractivity contribution in [1.82, 2.24) is 14.8 Å². The number of rotatable bonds is 7. The van der Waals surface area contributed by atoms with E-state index in [1.54, 1.807) is 0 Å². The lowest BCUT2D eigenvalue weighted by atomic mass is 9.99. The number of benzene rings is 4. The largest absolute Gasteiger partial charge is 0.573 e. The zero-order valence-corrected chi connectivity index (χ0v) is 22.1. The zero-order chi connectivity index (χ0) is 28.1. The van der Waals surface area contributed by atoms with Gasteiger partial charge in [0.1, 0.15) is 12.1 Å². The van der Waals surface area contributed by atoms with Crippen LogP contribution in [0.1, 0.15) is 12.5 Å². The standard InChI is InChI=1S/C30H24F3N5OS/c1-2-20-9-6-10-26(21-7-4-3-5-8-21)27(20)36-29(40)35-23-13-11-22(12-14-23)28-34-19-38(37-28)24-15-17-25(18-16-24)39-30(31,32)33/h3-19H,2H2,1H3,(H2,35,36,40). The molecule has 0 unspecified atom stereocenters. The van der Waals surface area contributed by atoms with E-state index in [4.69, 9.17) is 12.2 Å². The molecule has 0 atom stereocenters. The normalized spacial score (nSPS) is 11.2. The van der Waals surface area contributed by atoms with E-state index in [1.807, 2.05) is 48.5 Å². The third-order valence-corrected chi connectivity index (χ3v) is 6.29. The monoisotopic (exact) mass is 559 g/mol. The number of nitrogens with zero attached hydrogens (tertiary/aromatic N) is 3. The lowest BCUT2D eigenvalue weighted by molar-refractivity contribution is -0.274. The molecule has 0 saturated heterocycles. The molecule has 5 aromatic rings. The molecule has 4 aromatic carbocycles. The molecule has 0 radical (unpaired) electrons. The van der Waals surface area contributed by atoms with Crippen molar-refractivity contribution in [2.24, 2.45) is 0 Å². The summed E-state index contributed by atoms with van der Waals surface area (Å²) in [6, 6.07) is 29.2. The van der Waals surface area contributed by atoms with Gasteiger partial charge in [0.2, 0.25) is 0 Å². The van der Waals surface area contributed by atoms with Gasteiger partial charge < -0.3 is 15.4 Å². The van der Waals surface area contributed by atoms with E-state index in [-0.39, 0.29) is 5.75 Å². The van der Waals surface area contributed by atoms with Gasteiger partial charge in [0.05, 0.1) is 11.4 Å². The highest BCUT2D eigenvalue weighted by molar-refractivity contribution is 7.80. The molecule has 0 fully saturated rings. The van der Waals surface area contributed by atoms with Crippen molar-refractivity contribution in [3.05, 3.63) is 109 Å². The molecule has 40 heavy (non-hydrogen) atoms. The van der Waals surface area contributed by atoms with Crippen LogP contribution in [0, 0.1) is 0 Å². The van der Waals surface area contributed by atoms with Crippen molar-refractivity contribution in [2.45, 2.75) is 19.7 Å². The van der Waals surface area contributed by atoms with Crippen molar-refractivity contribution in [2.75, 3.05) is 10.6 Å². The average molecular weight is 560 g/mol. The van der Waals surface area contributed by atoms with Crippen LogP contribution in [0.15, 0.2) is 103 Å². The molecule has 0 aliphatic rings. The van der Waals surface area contributed by atoms with Crippen LogP contribution in [-0.4, -0.2) is 26.2 Å². The minimum absolute atomic E-state index is 0.304.